The van der Waals surface area contributed by atoms with Crippen molar-refractivity contribution in [1.82, 2.24) is 4.57 Å². The largest absolute Gasteiger partial charge is 0.493 e. The maximum absolute atomic E-state index is 14.4. The number of rotatable bonds is 3. The number of aryl methyl sites for hydroxylation is 1. The van der Waals surface area contributed by atoms with Crippen molar-refractivity contribution in [1.29, 1.82) is 0 Å². The second-order valence-electron chi connectivity index (χ2n) is 6.05. The highest BCUT2D eigenvalue weighted by atomic mass is 32.2. The van der Waals surface area contributed by atoms with Crippen LogP contribution in [-0.2, 0) is 0 Å². The number of aromatic hydroxyl groups is 1. The van der Waals surface area contributed by atoms with Crippen molar-refractivity contribution in [3.8, 4) is 5.88 Å². The van der Waals surface area contributed by atoms with Crippen molar-refractivity contribution < 1.29 is 13.9 Å². The highest BCUT2D eigenvalue weighted by Gasteiger charge is 2.29. The minimum Gasteiger partial charge on any atom is -0.493 e. The first-order valence-electron chi connectivity index (χ1n) is 7.82. The number of hydrogen-bond acceptors (Lipinski definition) is 4. The Morgan fingerprint density at radius 1 is 1.12 bits per heavy atom. The summed E-state index contributed by atoms with van der Waals surface area (Å²) < 4.78 is 29.6. The van der Waals surface area contributed by atoms with Crippen LogP contribution in [0.25, 0.3) is 10.9 Å². The average Bonchev–Trinajstić information content (AvgIpc) is 2.78. The third-order valence-electron chi connectivity index (χ3n) is 4.25. The Kier molecular flexibility index (Phi) is 3.95. The quantitative estimate of drug-likeness (QED) is 0.616. The van der Waals surface area contributed by atoms with E-state index in [-0.39, 0.29) is 28.5 Å². The van der Waals surface area contributed by atoms with Crippen LogP contribution in [0, 0.1) is 18.6 Å². The van der Waals surface area contributed by atoms with Crippen LogP contribution in [0.5, 0.6) is 5.88 Å². The van der Waals surface area contributed by atoms with E-state index in [2.05, 4.69) is 10.2 Å². The molecule has 0 aliphatic carbocycles. The molecule has 0 amide bonds. The number of halogens is 2. The number of thioether (sulfide) groups is 1. The summed E-state index contributed by atoms with van der Waals surface area (Å²) >= 11 is 1.70. The molecule has 1 fully saturated rings. The SMILES string of the molecule is Cc1ccc(N=Nc2c(O)n(C3CSC3)c3c(F)cc(F)cc23)cc1. The van der Waals surface area contributed by atoms with Gasteiger partial charge in [-0.1, -0.05) is 17.7 Å². The maximum Gasteiger partial charge on any atom is 0.221 e. The third-order valence-corrected chi connectivity index (χ3v) is 5.49. The molecule has 1 aromatic heterocycles. The molecule has 2 aromatic carbocycles. The molecule has 0 saturated carbocycles. The second kappa shape index (κ2) is 6.15. The first-order valence-corrected chi connectivity index (χ1v) is 8.98. The monoisotopic (exact) mass is 359 g/mol. The lowest BCUT2D eigenvalue weighted by Crippen LogP contribution is -2.22. The molecular formula is C18H15F2N3OS. The van der Waals surface area contributed by atoms with Crippen molar-refractivity contribution >= 4 is 34.0 Å². The number of aromatic nitrogens is 1. The van der Waals surface area contributed by atoms with Gasteiger partial charge in [-0.2, -0.15) is 16.9 Å². The summed E-state index contributed by atoms with van der Waals surface area (Å²) in [5.74, 6) is -0.0673. The highest BCUT2D eigenvalue weighted by molar-refractivity contribution is 8.00. The van der Waals surface area contributed by atoms with E-state index >= 15 is 0 Å². The topological polar surface area (TPSA) is 49.9 Å². The molecule has 0 spiro atoms. The maximum atomic E-state index is 14.4. The lowest BCUT2D eigenvalue weighted by Gasteiger charge is -2.27. The molecule has 128 valence electrons. The van der Waals surface area contributed by atoms with E-state index in [1.165, 1.54) is 10.6 Å². The van der Waals surface area contributed by atoms with Gasteiger partial charge in [-0.25, -0.2) is 8.78 Å². The fourth-order valence-electron chi connectivity index (χ4n) is 2.88. The van der Waals surface area contributed by atoms with Crippen LogP contribution in [0.3, 0.4) is 0 Å². The van der Waals surface area contributed by atoms with Gasteiger partial charge in [0.05, 0.1) is 17.2 Å². The predicted molar refractivity (Wildman–Crippen MR) is 95.2 cm³/mol. The standard InChI is InChI=1S/C18H15F2N3OS/c1-10-2-4-12(5-3-10)21-22-16-14-6-11(19)7-15(20)17(14)23(18(16)24)13-8-25-9-13/h2-7,13,24H,8-9H2,1H3. The number of azo groups is 1. The molecule has 1 saturated heterocycles. The molecule has 1 aliphatic rings. The van der Waals surface area contributed by atoms with Crippen molar-refractivity contribution in [2.75, 3.05) is 11.5 Å². The molecule has 0 unspecified atom stereocenters. The lowest BCUT2D eigenvalue weighted by atomic mass is 10.2. The van der Waals surface area contributed by atoms with Crippen molar-refractivity contribution in [3.05, 3.63) is 53.6 Å². The van der Waals surface area contributed by atoms with E-state index < -0.39 is 11.6 Å². The summed E-state index contributed by atoms with van der Waals surface area (Å²) in [6.45, 7) is 1.96. The summed E-state index contributed by atoms with van der Waals surface area (Å²) in [6.07, 6.45) is 0. The Hall–Kier alpha value is -2.41. The fourth-order valence-corrected chi connectivity index (χ4v) is 3.62. The Morgan fingerprint density at radius 2 is 1.84 bits per heavy atom. The third kappa shape index (κ3) is 2.78. The number of fused-ring (bicyclic) bond motifs is 1. The zero-order chi connectivity index (χ0) is 17.6. The van der Waals surface area contributed by atoms with Gasteiger partial charge >= 0.3 is 0 Å². The van der Waals surface area contributed by atoms with Gasteiger partial charge in [-0.05, 0) is 25.1 Å². The molecule has 0 atom stereocenters. The van der Waals surface area contributed by atoms with Crippen molar-refractivity contribution in [2.24, 2.45) is 10.2 Å². The predicted octanol–water partition coefficient (Wildman–Crippen LogP) is 5.64. The molecule has 4 nitrogen and oxygen atoms in total. The van der Waals surface area contributed by atoms with E-state index in [9.17, 15) is 13.9 Å². The summed E-state index contributed by atoms with van der Waals surface area (Å²) in [7, 11) is 0. The molecule has 1 aliphatic heterocycles. The van der Waals surface area contributed by atoms with Crippen LogP contribution in [0.15, 0.2) is 46.6 Å². The zero-order valence-electron chi connectivity index (χ0n) is 13.4. The van der Waals surface area contributed by atoms with Gasteiger partial charge in [0, 0.05) is 23.0 Å². The van der Waals surface area contributed by atoms with E-state index in [1.807, 2.05) is 19.1 Å². The first kappa shape index (κ1) is 16.1. The summed E-state index contributed by atoms with van der Waals surface area (Å²) in [5.41, 5.74) is 1.94. The van der Waals surface area contributed by atoms with E-state index in [0.29, 0.717) is 5.69 Å². The van der Waals surface area contributed by atoms with E-state index in [4.69, 9.17) is 0 Å². The van der Waals surface area contributed by atoms with Crippen molar-refractivity contribution in [2.45, 2.75) is 13.0 Å². The summed E-state index contributed by atoms with van der Waals surface area (Å²) in [6, 6.07) is 9.34. The van der Waals surface area contributed by atoms with Crippen LogP contribution in [0.2, 0.25) is 0 Å². The van der Waals surface area contributed by atoms with Gasteiger partial charge < -0.3 is 9.67 Å². The Balaban J connectivity index is 1.87. The highest BCUT2D eigenvalue weighted by Crippen LogP contribution is 2.45. The molecule has 25 heavy (non-hydrogen) atoms. The lowest BCUT2D eigenvalue weighted by molar-refractivity contribution is 0.404. The minimum absolute atomic E-state index is 0.0317. The summed E-state index contributed by atoms with van der Waals surface area (Å²) in [5, 5.41) is 19.0. The first-order chi connectivity index (χ1) is 12.0. The number of nitrogens with zero attached hydrogens (tertiary/aromatic N) is 3. The molecule has 1 N–H and O–H groups in total. The van der Waals surface area contributed by atoms with E-state index in [0.717, 1.165) is 23.1 Å². The van der Waals surface area contributed by atoms with Crippen LogP contribution in [-0.4, -0.2) is 21.2 Å². The van der Waals surface area contributed by atoms with Crippen LogP contribution < -0.4 is 0 Å². The van der Waals surface area contributed by atoms with Crippen molar-refractivity contribution in [3.63, 3.8) is 0 Å². The molecular weight excluding hydrogens is 344 g/mol. The second-order valence-corrected chi connectivity index (χ2v) is 7.13. The van der Waals surface area contributed by atoms with Crippen LogP contribution >= 0.6 is 11.8 Å². The Labute approximate surface area is 147 Å². The van der Waals surface area contributed by atoms with Gasteiger partial charge in [-0.15, -0.1) is 5.11 Å². The minimum atomic E-state index is -0.711. The van der Waals surface area contributed by atoms with Crippen LogP contribution in [0.1, 0.15) is 11.6 Å². The van der Waals surface area contributed by atoms with Gasteiger partial charge in [0.2, 0.25) is 5.88 Å². The normalized spacial score (nSPS) is 15.2. The van der Waals surface area contributed by atoms with Gasteiger partial charge in [0.1, 0.15) is 5.82 Å². The molecule has 4 rings (SSSR count). The average molecular weight is 359 g/mol. The number of benzene rings is 2. The molecule has 0 radical (unpaired) electrons. The Morgan fingerprint density at radius 3 is 2.48 bits per heavy atom. The van der Waals surface area contributed by atoms with E-state index in [1.54, 1.807) is 23.9 Å². The Bertz CT molecular complexity index is 978. The molecule has 2 heterocycles. The molecule has 7 heteroatoms. The van der Waals surface area contributed by atoms with Gasteiger partial charge in [0.25, 0.3) is 0 Å². The molecule has 0 bridgehead atoms. The van der Waals surface area contributed by atoms with Gasteiger partial charge in [-0.3, -0.25) is 0 Å². The van der Waals surface area contributed by atoms with Crippen LogP contribution in [0.4, 0.5) is 20.2 Å². The number of hydrogen-bond donors (Lipinski definition) is 1. The fraction of sp³-hybridized carbons (Fsp3) is 0.222. The zero-order valence-corrected chi connectivity index (χ0v) is 14.2. The molecule has 3 aromatic rings. The smallest absolute Gasteiger partial charge is 0.221 e. The van der Waals surface area contributed by atoms with Gasteiger partial charge in [0.15, 0.2) is 11.5 Å². The summed E-state index contributed by atoms with van der Waals surface area (Å²) in [4.78, 5) is 0.